The summed E-state index contributed by atoms with van der Waals surface area (Å²) in [5.74, 6) is 0.425. The second-order valence-corrected chi connectivity index (χ2v) is 26.5. The molecular weight excluding hydrogens is 955 g/mol. The van der Waals surface area contributed by atoms with Gasteiger partial charge in [0.2, 0.25) is 11.9 Å². The monoisotopic (exact) mass is 1010 g/mol. The van der Waals surface area contributed by atoms with Crippen molar-refractivity contribution in [2.24, 2.45) is 0 Å². The average molecular weight is 1010 g/mol. The van der Waals surface area contributed by atoms with Crippen LogP contribution in [0.3, 0.4) is 0 Å². The largest absolute Gasteiger partial charge is 0.278 e. The first kappa shape index (κ1) is 36.4. The molecule has 1 aliphatic rings. The molecule has 5 nitrogen and oxygen atoms in total. The van der Waals surface area contributed by atoms with Crippen molar-refractivity contribution in [2.75, 3.05) is 0 Å². The van der Waals surface area contributed by atoms with Crippen LogP contribution in [-0.2, 0) is 0 Å². The van der Waals surface area contributed by atoms with E-state index in [2.05, 4.69) is 60.7 Å². The summed E-state index contributed by atoms with van der Waals surface area (Å²) >= 11 is 0. The first-order valence-corrected chi connectivity index (χ1v) is 29.4. The van der Waals surface area contributed by atoms with Gasteiger partial charge < -0.3 is 0 Å². The molecule has 0 amide bonds. The van der Waals surface area contributed by atoms with Crippen molar-refractivity contribution in [3.05, 3.63) is 285 Å². The minimum atomic E-state index is -4.58. The molecule has 0 unspecified atom stereocenters. The van der Waals surface area contributed by atoms with Gasteiger partial charge in [-0.25, -0.2) is 0 Å². The van der Waals surface area contributed by atoms with E-state index in [1.807, 2.05) is 185 Å². The van der Waals surface area contributed by atoms with Gasteiger partial charge in [0.15, 0.2) is 22.0 Å². The fourth-order valence-corrected chi connectivity index (χ4v) is 21.6. The van der Waals surface area contributed by atoms with Gasteiger partial charge in [0.25, 0.3) is 0 Å². The van der Waals surface area contributed by atoms with E-state index >= 15 is 0 Å². The second-order valence-electron chi connectivity index (χ2n) is 19.2. The molecule has 1 aliphatic heterocycles. The third kappa shape index (κ3) is 6.46. The zero-order valence-electron chi connectivity index (χ0n) is 48.8. The molecule has 0 bridgehead atoms. The molecule has 0 atom stereocenters. The molecular formula is C69H47N5Si2. The summed E-state index contributed by atoms with van der Waals surface area (Å²) in [7, 11) is -8.61. The summed E-state index contributed by atoms with van der Waals surface area (Å²) in [6.07, 6.45) is 0. The van der Waals surface area contributed by atoms with Crippen molar-refractivity contribution in [1.29, 1.82) is 0 Å². The van der Waals surface area contributed by atoms with Gasteiger partial charge in [0, 0.05) is 27.1 Å². The van der Waals surface area contributed by atoms with Crippen LogP contribution in [0.4, 0.5) is 0 Å². The molecule has 0 N–H and O–H groups in total. The predicted octanol–water partition coefficient (Wildman–Crippen LogP) is 10.5. The number of para-hydroxylation sites is 4. The van der Waals surface area contributed by atoms with Crippen molar-refractivity contribution >= 4 is 101 Å². The van der Waals surface area contributed by atoms with E-state index < -0.39 is 46.4 Å². The molecule has 4 heterocycles. The van der Waals surface area contributed by atoms with E-state index in [4.69, 9.17) is 16.3 Å². The number of rotatable bonds is 9. The van der Waals surface area contributed by atoms with Crippen LogP contribution >= 0.6 is 0 Å². The quantitative estimate of drug-likeness (QED) is 0.107. The van der Waals surface area contributed by atoms with E-state index in [9.17, 15) is 9.60 Å². The van der Waals surface area contributed by atoms with E-state index in [1.54, 1.807) is 0 Å². The normalized spacial score (nSPS) is 14.3. The van der Waals surface area contributed by atoms with E-state index in [1.165, 1.54) is 0 Å². The molecule has 0 fully saturated rings. The molecule has 15 rings (SSSR count). The van der Waals surface area contributed by atoms with Gasteiger partial charge in [-0.15, -0.1) is 0 Å². The number of nitrogens with zero attached hydrogens (tertiary/aromatic N) is 5. The highest BCUT2D eigenvalue weighted by Gasteiger charge is 2.50. The van der Waals surface area contributed by atoms with Crippen LogP contribution in [-0.4, -0.2) is 40.2 Å². The number of hydrogen-bond donors (Lipinski definition) is 0. The van der Waals surface area contributed by atoms with Crippen LogP contribution in [0, 0.1) is 0 Å². The SMILES string of the molecule is [2H]c1c([2H])c([2H])c([Si]2(c3c([2H])c(-c4nc(-n5c6ccccc6c6ccccc65)nc(-n5c6ccccc6c6ccccc65)n4)c([2H])c([Si](c4ccccc4)(c4ccccc4)c4ccccc4)c3[2H])c3ccccc3-c3ccccc32)c([2H])c1[2H]. The zero-order valence-corrected chi connectivity index (χ0v) is 42.8. The maximum absolute atomic E-state index is 11.5. The fourth-order valence-electron chi connectivity index (χ4n) is 12.2. The molecule has 0 saturated heterocycles. The summed E-state index contributed by atoms with van der Waals surface area (Å²) in [6.45, 7) is 0. The molecule has 0 saturated carbocycles. The number of fused-ring (bicyclic) bond motifs is 9. The second kappa shape index (κ2) is 17.6. The lowest BCUT2D eigenvalue weighted by Gasteiger charge is -2.37. The summed E-state index contributed by atoms with van der Waals surface area (Å²) in [6, 6.07) is 74.9. The molecule has 11 aromatic carbocycles. The molecule has 0 aliphatic carbocycles. The van der Waals surface area contributed by atoms with E-state index in [-0.39, 0.29) is 51.8 Å². The van der Waals surface area contributed by atoms with Gasteiger partial charge in [-0.2, -0.15) is 15.0 Å². The summed E-state index contributed by atoms with van der Waals surface area (Å²) < 4.78 is 86.1. The molecule has 7 heteroatoms. The average Bonchev–Trinajstić information content (AvgIpc) is 1.42. The standard InChI is InChI=1S/C69H47N5Si2/c1-5-25-49(26-6-1)75(50-27-7-2-8-28-50,51-29-9-3-10-30-51)53-45-48(46-54(47-53)76(52-31-11-4-12-32-52)65-43-23-17-37-59(65)60-38-18-24-44-66(60)76)67-70-68(73-61-39-19-13-33-55(61)56-34-14-20-40-62(56)73)72-69(71-67)74-63-41-21-15-35-57(63)58-36-16-22-42-64(58)74/h1-47H/i4D,11D,12D,31D,32D,45D,46D,47D. The van der Waals surface area contributed by atoms with E-state index in [0.717, 1.165) is 70.3 Å². The van der Waals surface area contributed by atoms with Crippen LogP contribution in [0.25, 0.3) is 78.0 Å². The van der Waals surface area contributed by atoms with Gasteiger partial charge in [0.1, 0.15) is 0 Å². The van der Waals surface area contributed by atoms with E-state index in [0.29, 0.717) is 15.6 Å². The Labute approximate surface area is 453 Å². The Kier molecular flexibility index (Phi) is 8.41. The van der Waals surface area contributed by atoms with Crippen LogP contribution < -0.4 is 41.5 Å². The zero-order chi connectivity index (χ0) is 57.2. The first-order chi connectivity index (χ1) is 41.1. The van der Waals surface area contributed by atoms with Crippen molar-refractivity contribution in [2.45, 2.75) is 0 Å². The number of benzene rings is 11. The molecule has 0 spiro atoms. The third-order valence-corrected chi connectivity index (χ3v) is 24.4. The Morgan fingerprint density at radius 1 is 0.342 bits per heavy atom. The lowest BCUT2D eigenvalue weighted by atomic mass is 10.1. The highest BCUT2D eigenvalue weighted by atomic mass is 28.3. The molecule has 14 aromatic rings. The van der Waals surface area contributed by atoms with Crippen molar-refractivity contribution < 1.29 is 11.0 Å². The number of hydrogen-bond acceptors (Lipinski definition) is 3. The third-order valence-electron chi connectivity index (χ3n) is 15.3. The molecule has 0 radical (unpaired) electrons. The highest BCUT2D eigenvalue weighted by Crippen LogP contribution is 2.35. The summed E-state index contributed by atoms with van der Waals surface area (Å²) in [5.41, 5.74) is 4.81. The van der Waals surface area contributed by atoms with Crippen LogP contribution in [0.1, 0.15) is 11.0 Å². The maximum Gasteiger partial charge on any atom is 0.240 e. The predicted molar refractivity (Wildman–Crippen MR) is 320 cm³/mol. The van der Waals surface area contributed by atoms with Gasteiger partial charge >= 0.3 is 0 Å². The van der Waals surface area contributed by atoms with Crippen molar-refractivity contribution in [3.63, 3.8) is 0 Å². The van der Waals surface area contributed by atoms with Gasteiger partial charge in [-0.05, 0) is 76.9 Å². The molecule has 356 valence electrons. The van der Waals surface area contributed by atoms with Gasteiger partial charge in [0.05, 0.1) is 33.0 Å². The van der Waals surface area contributed by atoms with Crippen LogP contribution in [0.15, 0.2) is 285 Å². The lowest BCUT2D eigenvalue weighted by Crippen LogP contribution is -2.77. The Bertz CT molecular complexity index is 4630. The summed E-state index contributed by atoms with van der Waals surface area (Å²) in [4.78, 5) is 16.5. The van der Waals surface area contributed by atoms with Crippen LogP contribution in [0.5, 0.6) is 0 Å². The Morgan fingerprint density at radius 2 is 0.724 bits per heavy atom. The lowest BCUT2D eigenvalue weighted by molar-refractivity contribution is 0.893. The van der Waals surface area contributed by atoms with Gasteiger partial charge in [-0.1, -0.05) is 261 Å². The van der Waals surface area contributed by atoms with Crippen molar-refractivity contribution in [3.8, 4) is 34.4 Å². The molecule has 76 heavy (non-hydrogen) atoms. The van der Waals surface area contributed by atoms with Gasteiger partial charge in [-0.3, -0.25) is 9.13 Å². The first-order valence-electron chi connectivity index (χ1n) is 29.4. The Morgan fingerprint density at radius 3 is 1.16 bits per heavy atom. The van der Waals surface area contributed by atoms with Crippen LogP contribution in [0.2, 0.25) is 0 Å². The summed E-state index contributed by atoms with van der Waals surface area (Å²) in [5, 5.41) is 8.24. The minimum Gasteiger partial charge on any atom is -0.278 e. The maximum atomic E-state index is 11.5. The molecule has 3 aromatic heterocycles. The minimum absolute atomic E-state index is 0.00297. The van der Waals surface area contributed by atoms with Crippen molar-refractivity contribution in [1.82, 2.24) is 24.1 Å². The number of aromatic nitrogens is 5. The topological polar surface area (TPSA) is 48.5 Å². The Balaban J connectivity index is 1.20. The Hall–Kier alpha value is -9.54. The smallest absolute Gasteiger partial charge is 0.240 e. The highest BCUT2D eigenvalue weighted by molar-refractivity contribution is 7.23. The fraction of sp³-hybridized carbons (Fsp3) is 0.